The fourth-order valence-corrected chi connectivity index (χ4v) is 4.94. The molecule has 3 atom stereocenters. The average molecular weight is 260 g/mol. The summed E-state index contributed by atoms with van der Waals surface area (Å²) in [5, 5.41) is 0. The molecular formula is C18H28O. The van der Waals surface area contributed by atoms with Crippen LogP contribution in [0, 0.1) is 22.7 Å². The normalized spacial score (nSPS) is 37.5. The summed E-state index contributed by atoms with van der Waals surface area (Å²) in [7, 11) is 0. The predicted octanol–water partition coefficient (Wildman–Crippen LogP) is 4.93. The predicted molar refractivity (Wildman–Crippen MR) is 80.9 cm³/mol. The number of allylic oxidation sites excluding steroid dienone is 2. The van der Waals surface area contributed by atoms with Crippen molar-refractivity contribution >= 4 is 5.78 Å². The fourth-order valence-electron chi connectivity index (χ4n) is 4.94. The van der Waals surface area contributed by atoms with Crippen molar-refractivity contribution < 1.29 is 4.79 Å². The quantitative estimate of drug-likeness (QED) is 0.519. The third-order valence-electron chi connectivity index (χ3n) is 5.95. The van der Waals surface area contributed by atoms with Gasteiger partial charge in [-0.15, -0.1) is 0 Å². The van der Waals surface area contributed by atoms with Crippen LogP contribution in [0.15, 0.2) is 24.8 Å². The molecule has 106 valence electrons. The summed E-state index contributed by atoms with van der Waals surface area (Å²) >= 11 is 0. The first-order chi connectivity index (χ1) is 8.81. The first-order valence-electron chi connectivity index (χ1n) is 7.64. The average Bonchev–Trinajstić information content (AvgIpc) is 2.32. The zero-order valence-corrected chi connectivity index (χ0v) is 12.8. The SMILES string of the molecule is C=CC(=O)C[C@H]1C(=C)CC[C@H]2C(C)(C)CCC[C@]12C. The Morgan fingerprint density at radius 1 is 1.37 bits per heavy atom. The lowest BCUT2D eigenvalue weighted by Crippen LogP contribution is -2.49. The number of rotatable bonds is 3. The van der Waals surface area contributed by atoms with Crippen LogP contribution in [0.1, 0.15) is 59.3 Å². The largest absolute Gasteiger partial charge is 0.295 e. The third kappa shape index (κ3) is 2.44. The smallest absolute Gasteiger partial charge is 0.155 e. The lowest BCUT2D eigenvalue weighted by Gasteiger charge is -2.58. The van der Waals surface area contributed by atoms with Crippen molar-refractivity contribution in [2.24, 2.45) is 22.7 Å². The highest BCUT2D eigenvalue weighted by atomic mass is 16.1. The summed E-state index contributed by atoms with van der Waals surface area (Å²) in [6, 6.07) is 0. The standard InChI is InChI=1S/C18H28O/c1-6-14(19)12-15-13(2)8-9-16-17(3,4)10-7-11-18(15,16)5/h6,15-16H,1-2,7-12H2,3-5H3/t15-,16-,18+/m0/s1. The molecule has 2 aliphatic carbocycles. The minimum absolute atomic E-state index is 0.177. The van der Waals surface area contributed by atoms with Gasteiger partial charge in [0.05, 0.1) is 0 Å². The molecule has 19 heavy (non-hydrogen) atoms. The lowest BCUT2D eigenvalue weighted by molar-refractivity contribution is -0.119. The third-order valence-corrected chi connectivity index (χ3v) is 5.95. The van der Waals surface area contributed by atoms with Crippen LogP contribution in [0.5, 0.6) is 0 Å². The van der Waals surface area contributed by atoms with Gasteiger partial charge in [0, 0.05) is 6.42 Å². The number of fused-ring (bicyclic) bond motifs is 1. The van der Waals surface area contributed by atoms with E-state index in [1.807, 2.05) is 0 Å². The number of carbonyl (C=O) groups is 1. The van der Waals surface area contributed by atoms with E-state index in [0.717, 1.165) is 12.3 Å². The second-order valence-electron chi connectivity index (χ2n) is 7.52. The van der Waals surface area contributed by atoms with E-state index in [1.54, 1.807) is 0 Å². The van der Waals surface area contributed by atoms with E-state index in [0.29, 0.717) is 17.8 Å². The number of ketones is 1. The molecule has 0 aromatic rings. The topological polar surface area (TPSA) is 17.1 Å². The molecule has 0 heterocycles. The molecule has 0 radical (unpaired) electrons. The molecule has 0 aliphatic heterocycles. The molecule has 0 bridgehead atoms. The van der Waals surface area contributed by atoms with Crippen molar-refractivity contribution in [3.05, 3.63) is 24.8 Å². The van der Waals surface area contributed by atoms with Gasteiger partial charge >= 0.3 is 0 Å². The summed E-state index contributed by atoms with van der Waals surface area (Å²) < 4.78 is 0. The minimum atomic E-state index is 0.177. The lowest BCUT2D eigenvalue weighted by atomic mass is 9.47. The van der Waals surface area contributed by atoms with E-state index in [1.165, 1.54) is 37.3 Å². The number of carbonyl (C=O) groups excluding carboxylic acids is 1. The van der Waals surface area contributed by atoms with E-state index in [9.17, 15) is 4.79 Å². The van der Waals surface area contributed by atoms with Gasteiger partial charge in [-0.1, -0.05) is 45.9 Å². The summed E-state index contributed by atoms with van der Waals surface area (Å²) in [5.41, 5.74) is 1.96. The first-order valence-corrected chi connectivity index (χ1v) is 7.64. The Hall–Kier alpha value is -0.850. The summed E-state index contributed by atoms with van der Waals surface area (Å²) in [4.78, 5) is 11.8. The van der Waals surface area contributed by atoms with Crippen LogP contribution in [-0.4, -0.2) is 5.78 Å². The van der Waals surface area contributed by atoms with Crippen molar-refractivity contribution in [1.29, 1.82) is 0 Å². The molecular weight excluding hydrogens is 232 g/mol. The molecule has 2 saturated carbocycles. The van der Waals surface area contributed by atoms with E-state index < -0.39 is 0 Å². The summed E-state index contributed by atoms with van der Waals surface area (Å²) in [6.45, 7) is 15.1. The molecule has 0 spiro atoms. The molecule has 1 nitrogen and oxygen atoms in total. The van der Waals surface area contributed by atoms with Gasteiger partial charge in [-0.3, -0.25) is 4.79 Å². The molecule has 2 fully saturated rings. The van der Waals surface area contributed by atoms with Gasteiger partial charge in [0.2, 0.25) is 0 Å². The Balaban J connectivity index is 2.32. The number of hydrogen-bond acceptors (Lipinski definition) is 1. The highest BCUT2D eigenvalue weighted by Gasteiger charge is 2.52. The van der Waals surface area contributed by atoms with Gasteiger partial charge in [-0.2, -0.15) is 0 Å². The van der Waals surface area contributed by atoms with Crippen LogP contribution in [0.2, 0.25) is 0 Å². The van der Waals surface area contributed by atoms with Gasteiger partial charge in [-0.05, 0) is 54.4 Å². The molecule has 0 aromatic heterocycles. The van der Waals surface area contributed by atoms with Crippen LogP contribution < -0.4 is 0 Å². The Labute approximate surface area is 118 Å². The zero-order chi connectivity index (χ0) is 14.3. The molecule has 0 amide bonds. The van der Waals surface area contributed by atoms with Gasteiger partial charge in [-0.25, -0.2) is 0 Å². The van der Waals surface area contributed by atoms with Crippen molar-refractivity contribution in [3.8, 4) is 0 Å². The van der Waals surface area contributed by atoms with Crippen LogP contribution in [0.25, 0.3) is 0 Å². The maximum absolute atomic E-state index is 11.8. The minimum Gasteiger partial charge on any atom is -0.295 e. The monoisotopic (exact) mass is 260 g/mol. The van der Waals surface area contributed by atoms with Crippen molar-refractivity contribution in [2.75, 3.05) is 0 Å². The van der Waals surface area contributed by atoms with E-state index in [4.69, 9.17) is 0 Å². The Morgan fingerprint density at radius 2 is 2.05 bits per heavy atom. The molecule has 0 aromatic carbocycles. The molecule has 0 N–H and O–H groups in total. The fraction of sp³-hybridized carbons (Fsp3) is 0.722. The van der Waals surface area contributed by atoms with Gasteiger partial charge in [0.1, 0.15) is 0 Å². The Morgan fingerprint density at radius 3 is 2.68 bits per heavy atom. The molecule has 0 saturated heterocycles. The zero-order valence-electron chi connectivity index (χ0n) is 12.8. The van der Waals surface area contributed by atoms with E-state index in [2.05, 4.69) is 33.9 Å². The van der Waals surface area contributed by atoms with Crippen molar-refractivity contribution in [1.82, 2.24) is 0 Å². The Bertz CT molecular complexity index is 404. The van der Waals surface area contributed by atoms with Crippen molar-refractivity contribution in [3.63, 3.8) is 0 Å². The van der Waals surface area contributed by atoms with Gasteiger partial charge < -0.3 is 0 Å². The van der Waals surface area contributed by atoms with Crippen LogP contribution in [0.4, 0.5) is 0 Å². The molecule has 2 rings (SSSR count). The van der Waals surface area contributed by atoms with Crippen LogP contribution in [0.3, 0.4) is 0 Å². The second kappa shape index (κ2) is 4.92. The van der Waals surface area contributed by atoms with Gasteiger partial charge in [0.15, 0.2) is 5.78 Å². The van der Waals surface area contributed by atoms with Gasteiger partial charge in [0.25, 0.3) is 0 Å². The molecule has 2 aliphatic rings. The first kappa shape index (κ1) is 14.6. The highest BCUT2D eigenvalue weighted by molar-refractivity contribution is 5.89. The number of hydrogen-bond donors (Lipinski definition) is 0. The Kier molecular flexibility index (Phi) is 3.77. The summed E-state index contributed by atoms with van der Waals surface area (Å²) in [5.74, 6) is 1.26. The summed E-state index contributed by atoms with van der Waals surface area (Å²) in [6.07, 6.45) is 8.29. The van der Waals surface area contributed by atoms with E-state index in [-0.39, 0.29) is 11.2 Å². The molecule has 1 heteroatoms. The molecule has 0 unspecified atom stereocenters. The van der Waals surface area contributed by atoms with Crippen LogP contribution in [-0.2, 0) is 4.79 Å². The highest BCUT2D eigenvalue weighted by Crippen LogP contribution is 2.61. The maximum Gasteiger partial charge on any atom is 0.155 e. The van der Waals surface area contributed by atoms with Crippen LogP contribution >= 0.6 is 0 Å². The van der Waals surface area contributed by atoms with E-state index >= 15 is 0 Å². The maximum atomic E-state index is 11.8. The second-order valence-corrected chi connectivity index (χ2v) is 7.52. The van der Waals surface area contributed by atoms with Crippen molar-refractivity contribution in [2.45, 2.75) is 59.3 Å².